The van der Waals surface area contributed by atoms with Gasteiger partial charge in [-0.2, -0.15) is 0 Å². The molecule has 0 aliphatic rings. The van der Waals surface area contributed by atoms with E-state index < -0.39 is 60.2 Å². The number of aromatic nitrogens is 4. The molecule has 0 spiro atoms. The third-order valence-electron chi connectivity index (χ3n) is 5.24. The van der Waals surface area contributed by atoms with Gasteiger partial charge < -0.3 is 41.9 Å². The van der Waals surface area contributed by atoms with Gasteiger partial charge >= 0.3 is 11.9 Å². The molecule has 2 rings (SSSR count). The Bertz CT molecular complexity index is 1040. The molecule has 15 nitrogen and oxygen atoms in total. The molecule has 0 saturated carbocycles. The summed E-state index contributed by atoms with van der Waals surface area (Å²) in [6.45, 7) is 3.45. The summed E-state index contributed by atoms with van der Waals surface area (Å²) in [5, 5.41) is 25.8. The van der Waals surface area contributed by atoms with Gasteiger partial charge in [-0.25, -0.2) is 14.8 Å². The molecule has 0 aliphatic heterocycles. The highest BCUT2D eigenvalue weighted by Gasteiger charge is 2.32. The molecule has 0 radical (unpaired) electrons. The number of hydrogen-bond acceptors (Lipinski definition) is 8. The van der Waals surface area contributed by atoms with E-state index in [1.165, 1.54) is 25.0 Å². The molecule has 0 aliphatic carbocycles. The number of rotatable bonds is 14. The highest BCUT2D eigenvalue weighted by molar-refractivity contribution is 5.95. The third kappa shape index (κ3) is 8.50. The number of hydrogen-bond donors (Lipinski definition) is 8. The monoisotopic (exact) mass is 506 g/mol. The summed E-state index contributed by atoms with van der Waals surface area (Å²) in [4.78, 5) is 74.5. The van der Waals surface area contributed by atoms with E-state index in [9.17, 15) is 34.2 Å². The first kappa shape index (κ1) is 28.0. The van der Waals surface area contributed by atoms with Gasteiger partial charge in [0.05, 0.1) is 25.1 Å². The molecule has 0 aromatic carbocycles. The minimum absolute atomic E-state index is 0.0542. The van der Waals surface area contributed by atoms with Crippen molar-refractivity contribution in [3.05, 3.63) is 36.4 Å². The standard InChI is InChI=1S/C21H30N8O7/c1-10(2)17(22)20(34)28-13(3-11-6-23-8-25-11)18(32)27-14(5-16(30)31)19(33)29-15(21(35)36)4-12-7-24-9-26-12/h6-10,13-15,17H,3-5,22H2,1-2H3,(H,23,25)(H,24,26)(H,27,32)(H,28,34)(H,29,33)(H,30,31)(H,35,36). The molecule has 0 bridgehead atoms. The van der Waals surface area contributed by atoms with Gasteiger partial charge in [0.25, 0.3) is 0 Å². The lowest BCUT2D eigenvalue weighted by Gasteiger charge is -2.25. The molecule has 15 heteroatoms. The van der Waals surface area contributed by atoms with Crippen LogP contribution in [0, 0.1) is 5.92 Å². The first-order chi connectivity index (χ1) is 17.0. The van der Waals surface area contributed by atoms with Crippen LogP contribution in [0.25, 0.3) is 0 Å². The molecule has 4 atom stereocenters. The Kier molecular flexibility index (Phi) is 10.1. The number of carbonyl (C=O) groups excluding carboxylic acids is 3. The van der Waals surface area contributed by atoms with Crippen LogP contribution >= 0.6 is 0 Å². The number of nitrogens with zero attached hydrogens (tertiary/aromatic N) is 2. The lowest BCUT2D eigenvalue weighted by atomic mass is 10.0. The van der Waals surface area contributed by atoms with Crippen molar-refractivity contribution in [2.45, 2.75) is 57.3 Å². The fourth-order valence-corrected chi connectivity index (χ4v) is 3.14. The SMILES string of the molecule is CC(C)C(N)C(=O)NC(Cc1cnc[nH]1)C(=O)NC(CC(=O)O)C(=O)NC(Cc1cnc[nH]1)C(=O)O. The number of imidazole rings is 2. The average Bonchev–Trinajstić information content (AvgIpc) is 3.50. The number of H-pyrrole nitrogens is 2. The van der Waals surface area contributed by atoms with E-state index in [0.29, 0.717) is 11.4 Å². The van der Waals surface area contributed by atoms with Crippen LogP contribution in [0.5, 0.6) is 0 Å². The van der Waals surface area contributed by atoms with Crippen LogP contribution < -0.4 is 21.7 Å². The second kappa shape index (κ2) is 13.0. The number of amides is 3. The van der Waals surface area contributed by atoms with Crippen LogP contribution in [-0.4, -0.2) is 84.0 Å². The van der Waals surface area contributed by atoms with E-state index in [1.807, 2.05) is 0 Å². The van der Waals surface area contributed by atoms with Gasteiger partial charge in [0.15, 0.2) is 0 Å². The average molecular weight is 507 g/mol. The number of carboxylic acids is 2. The first-order valence-corrected chi connectivity index (χ1v) is 11.0. The molecular formula is C21H30N8O7. The second-order valence-corrected chi connectivity index (χ2v) is 8.45. The Balaban J connectivity index is 2.18. The Labute approximate surface area is 205 Å². The number of aromatic amines is 2. The lowest BCUT2D eigenvalue weighted by molar-refractivity contribution is -0.143. The Morgan fingerprint density at radius 2 is 1.31 bits per heavy atom. The van der Waals surface area contributed by atoms with E-state index >= 15 is 0 Å². The summed E-state index contributed by atoms with van der Waals surface area (Å²) in [6.07, 6.45) is 4.49. The zero-order chi connectivity index (χ0) is 26.8. The van der Waals surface area contributed by atoms with Crippen molar-refractivity contribution in [3.63, 3.8) is 0 Å². The fourth-order valence-electron chi connectivity index (χ4n) is 3.14. The molecule has 0 saturated heterocycles. The third-order valence-corrected chi connectivity index (χ3v) is 5.24. The van der Waals surface area contributed by atoms with Crippen molar-refractivity contribution in [1.29, 1.82) is 0 Å². The van der Waals surface area contributed by atoms with Crippen molar-refractivity contribution in [3.8, 4) is 0 Å². The minimum Gasteiger partial charge on any atom is -0.481 e. The summed E-state index contributed by atoms with van der Waals surface area (Å²) >= 11 is 0. The second-order valence-electron chi connectivity index (χ2n) is 8.45. The van der Waals surface area contributed by atoms with Crippen LogP contribution in [0.4, 0.5) is 0 Å². The topological polar surface area (TPSA) is 245 Å². The molecule has 196 valence electrons. The predicted octanol–water partition coefficient (Wildman–Crippen LogP) is -2.08. The number of nitrogens with two attached hydrogens (primary N) is 1. The number of nitrogens with one attached hydrogen (secondary N) is 5. The van der Waals surface area contributed by atoms with Gasteiger partial charge in [-0.05, 0) is 5.92 Å². The van der Waals surface area contributed by atoms with Crippen LogP contribution in [0.2, 0.25) is 0 Å². The Hall–Kier alpha value is -4.27. The van der Waals surface area contributed by atoms with Gasteiger partial charge in [0.1, 0.15) is 18.1 Å². The van der Waals surface area contributed by atoms with Crippen LogP contribution in [0.3, 0.4) is 0 Å². The molecule has 2 aromatic rings. The molecule has 2 aromatic heterocycles. The molecule has 2 heterocycles. The van der Waals surface area contributed by atoms with Crippen LogP contribution in [0.15, 0.2) is 25.0 Å². The van der Waals surface area contributed by atoms with Crippen molar-refractivity contribution in [1.82, 2.24) is 35.9 Å². The summed E-state index contributed by atoms with van der Waals surface area (Å²) in [5.74, 6) is -5.51. The van der Waals surface area contributed by atoms with Crippen LogP contribution in [0.1, 0.15) is 31.7 Å². The lowest BCUT2D eigenvalue weighted by Crippen LogP contribution is -2.58. The summed E-state index contributed by atoms with van der Waals surface area (Å²) in [7, 11) is 0. The maximum Gasteiger partial charge on any atom is 0.326 e. The first-order valence-electron chi connectivity index (χ1n) is 11.0. The molecule has 0 fully saturated rings. The van der Waals surface area contributed by atoms with E-state index in [1.54, 1.807) is 13.8 Å². The highest BCUT2D eigenvalue weighted by atomic mass is 16.4. The highest BCUT2D eigenvalue weighted by Crippen LogP contribution is 2.06. The Morgan fingerprint density at radius 3 is 1.75 bits per heavy atom. The Morgan fingerprint density at radius 1 is 0.833 bits per heavy atom. The van der Waals surface area contributed by atoms with Gasteiger partial charge in [-0.15, -0.1) is 0 Å². The molecule has 3 amide bonds. The smallest absolute Gasteiger partial charge is 0.326 e. The largest absolute Gasteiger partial charge is 0.481 e. The summed E-state index contributed by atoms with van der Waals surface area (Å²) in [6, 6.07) is -5.19. The molecule has 36 heavy (non-hydrogen) atoms. The van der Waals surface area contributed by atoms with Crippen LogP contribution in [-0.2, 0) is 36.8 Å². The molecule has 4 unspecified atom stereocenters. The van der Waals surface area contributed by atoms with Gasteiger partial charge in [0, 0.05) is 36.6 Å². The number of carboxylic acid groups (broad SMARTS) is 2. The molecular weight excluding hydrogens is 476 g/mol. The van der Waals surface area contributed by atoms with Gasteiger partial charge in [-0.1, -0.05) is 13.8 Å². The van der Waals surface area contributed by atoms with E-state index in [4.69, 9.17) is 5.73 Å². The van der Waals surface area contributed by atoms with E-state index in [0.717, 1.165) is 0 Å². The van der Waals surface area contributed by atoms with E-state index in [-0.39, 0.29) is 18.8 Å². The number of aliphatic carboxylic acids is 2. The minimum atomic E-state index is -1.63. The quantitative estimate of drug-likeness (QED) is 0.139. The van der Waals surface area contributed by atoms with Gasteiger partial charge in [0.2, 0.25) is 17.7 Å². The maximum absolute atomic E-state index is 13.1. The fraction of sp³-hybridized carbons (Fsp3) is 0.476. The van der Waals surface area contributed by atoms with Gasteiger partial charge in [-0.3, -0.25) is 19.2 Å². The zero-order valence-electron chi connectivity index (χ0n) is 19.7. The van der Waals surface area contributed by atoms with E-state index in [2.05, 4.69) is 35.9 Å². The number of carbonyl (C=O) groups is 5. The summed E-state index contributed by atoms with van der Waals surface area (Å²) in [5.41, 5.74) is 6.77. The predicted molar refractivity (Wildman–Crippen MR) is 123 cm³/mol. The van der Waals surface area contributed by atoms with Crippen molar-refractivity contribution in [2.75, 3.05) is 0 Å². The normalized spacial score (nSPS) is 14.3. The van der Waals surface area contributed by atoms with Crippen molar-refractivity contribution in [2.24, 2.45) is 11.7 Å². The van der Waals surface area contributed by atoms with Crippen molar-refractivity contribution < 1.29 is 34.2 Å². The maximum atomic E-state index is 13.1. The van der Waals surface area contributed by atoms with Crippen molar-refractivity contribution >= 4 is 29.7 Å². The molecule has 9 N–H and O–H groups in total. The summed E-state index contributed by atoms with van der Waals surface area (Å²) < 4.78 is 0. The zero-order valence-corrected chi connectivity index (χ0v) is 19.7.